The third kappa shape index (κ3) is 5.00. The highest BCUT2D eigenvalue weighted by molar-refractivity contribution is 5.87. The molecule has 1 aromatic rings. The van der Waals surface area contributed by atoms with Gasteiger partial charge in [0.25, 0.3) is 0 Å². The molecule has 1 saturated heterocycles. The summed E-state index contributed by atoms with van der Waals surface area (Å²) in [4.78, 5) is 52.9. The van der Waals surface area contributed by atoms with Crippen LogP contribution >= 0.6 is 0 Å². The van der Waals surface area contributed by atoms with Crippen molar-refractivity contribution in [1.82, 2.24) is 4.90 Å². The number of likely N-dealkylation sites (tertiary alicyclic amines) is 1. The van der Waals surface area contributed by atoms with Crippen LogP contribution in [0.15, 0.2) is 24.0 Å². The van der Waals surface area contributed by atoms with E-state index in [1.807, 2.05) is 20.0 Å². The largest absolute Gasteiger partial charge is 0.481 e. The van der Waals surface area contributed by atoms with E-state index in [0.717, 1.165) is 30.2 Å². The molecule has 0 unspecified atom stereocenters. The Kier molecular flexibility index (Phi) is 7.66. The first-order valence-corrected chi connectivity index (χ1v) is 14.7. The van der Waals surface area contributed by atoms with Crippen LogP contribution in [0.5, 0.6) is 5.75 Å². The van der Waals surface area contributed by atoms with Gasteiger partial charge in [0.2, 0.25) is 6.10 Å². The first-order chi connectivity index (χ1) is 20.0. The van der Waals surface area contributed by atoms with Gasteiger partial charge in [0, 0.05) is 24.9 Å². The molecule has 2 aliphatic heterocycles. The lowest BCUT2D eigenvalue weighted by Crippen LogP contribution is -2.74. The molecule has 0 amide bonds. The Labute approximate surface area is 251 Å². The van der Waals surface area contributed by atoms with Crippen molar-refractivity contribution >= 4 is 23.9 Å². The smallest absolute Gasteiger partial charge is 0.352 e. The van der Waals surface area contributed by atoms with Crippen LogP contribution in [0.2, 0.25) is 0 Å². The topological polar surface area (TPSA) is 138 Å². The van der Waals surface area contributed by atoms with Crippen molar-refractivity contribution in [2.24, 2.45) is 5.92 Å². The quantitative estimate of drug-likeness (QED) is 0.366. The maximum absolute atomic E-state index is 13.3. The van der Waals surface area contributed by atoms with E-state index in [1.165, 1.54) is 13.8 Å². The maximum atomic E-state index is 13.3. The molecule has 1 aromatic carbocycles. The number of hydrogen-bond acceptors (Lipinski definition) is 11. The predicted molar refractivity (Wildman–Crippen MR) is 152 cm³/mol. The molecule has 0 radical (unpaired) electrons. The van der Waals surface area contributed by atoms with Gasteiger partial charge < -0.3 is 33.7 Å². The fourth-order valence-corrected chi connectivity index (χ4v) is 7.13. The van der Waals surface area contributed by atoms with E-state index in [9.17, 15) is 24.3 Å². The van der Waals surface area contributed by atoms with E-state index in [2.05, 4.69) is 11.0 Å². The highest BCUT2D eigenvalue weighted by Crippen LogP contribution is 2.64. The van der Waals surface area contributed by atoms with Crippen LogP contribution in [0.3, 0.4) is 0 Å². The number of esters is 4. The number of piperidine rings is 1. The summed E-state index contributed by atoms with van der Waals surface area (Å²) in [7, 11) is 2.02. The number of carbonyl (C=O) groups is 4. The van der Waals surface area contributed by atoms with Gasteiger partial charge in [0.05, 0.1) is 11.0 Å². The standard InChI is InChI=1S/C32H41NO10/c1-16-9-10-20-15-22-32(38)12-11-21(26-31(32,13-14-33(22)8)23(20)24(16)42-26)41-28(36)18(3)39-29(37)25(40-19(4)34)17(2)27(35)43-30(5,6)7/h9-11,17-18,22,25-26,38H,12-15H2,1-8H3/t17-,18+,22-,25-,26+,31+,32-/m1/s1. The number of ether oxygens (including phenoxy) is 5. The van der Waals surface area contributed by atoms with E-state index in [0.29, 0.717) is 18.6 Å². The number of benzene rings is 1. The third-order valence-corrected chi connectivity index (χ3v) is 9.17. The molecule has 1 spiro atoms. The first-order valence-electron chi connectivity index (χ1n) is 14.7. The molecule has 11 nitrogen and oxygen atoms in total. The number of likely N-dealkylation sites (N-methyl/N-ethyl adjacent to an activating group) is 1. The Morgan fingerprint density at radius 2 is 1.79 bits per heavy atom. The summed E-state index contributed by atoms with van der Waals surface area (Å²) in [5.74, 6) is -3.74. The highest BCUT2D eigenvalue weighted by atomic mass is 16.6. The Bertz CT molecular complexity index is 1390. The SMILES string of the molecule is CC(=O)O[C@@H](C(=O)O[C@@H](C)C(=O)OC1=CC[C@@]2(O)[C@H]3Cc4ccc(C)c5c4[C@@]2(CCN3C)[C@H]1O5)[C@@H](C)C(=O)OC(C)(C)C. The average Bonchev–Trinajstić information content (AvgIpc) is 3.27. The molecule has 2 aliphatic carbocycles. The van der Waals surface area contributed by atoms with E-state index < -0.39 is 64.7 Å². The molecule has 4 aliphatic rings. The average molecular weight is 600 g/mol. The monoisotopic (exact) mass is 599 g/mol. The molecule has 0 saturated carbocycles. The van der Waals surface area contributed by atoms with Gasteiger partial charge in [-0.1, -0.05) is 12.1 Å². The lowest BCUT2D eigenvalue weighted by atomic mass is 9.50. The predicted octanol–water partition coefficient (Wildman–Crippen LogP) is 2.66. The van der Waals surface area contributed by atoms with Gasteiger partial charge in [-0.05, 0) is 85.2 Å². The van der Waals surface area contributed by atoms with Crippen LogP contribution in [-0.2, 0) is 50.0 Å². The molecule has 2 heterocycles. The number of nitrogens with zero attached hydrogens (tertiary/aromatic N) is 1. The lowest BCUT2D eigenvalue weighted by Gasteiger charge is -2.61. The number of aliphatic hydroxyl groups is 1. The molecule has 7 atom stereocenters. The number of hydrogen-bond donors (Lipinski definition) is 1. The van der Waals surface area contributed by atoms with Gasteiger partial charge in [-0.25, -0.2) is 9.59 Å². The fraction of sp³-hybridized carbons (Fsp3) is 0.625. The molecule has 2 bridgehead atoms. The minimum Gasteiger partial charge on any atom is -0.481 e. The second kappa shape index (κ2) is 10.6. The molecule has 1 fully saturated rings. The second-order valence-electron chi connectivity index (χ2n) is 13.3. The molecule has 11 heteroatoms. The molecule has 43 heavy (non-hydrogen) atoms. The van der Waals surface area contributed by atoms with Crippen molar-refractivity contribution in [2.75, 3.05) is 13.6 Å². The Morgan fingerprint density at radius 1 is 1.09 bits per heavy atom. The van der Waals surface area contributed by atoms with Gasteiger partial charge in [0.1, 0.15) is 23.0 Å². The van der Waals surface area contributed by atoms with Gasteiger partial charge in [-0.3, -0.25) is 9.59 Å². The van der Waals surface area contributed by atoms with Crippen molar-refractivity contribution in [1.29, 1.82) is 0 Å². The summed E-state index contributed by atoms with van der Waals surface area (Å²) in [6.45, 7) is 11.5. The first kappa shape index (κ1) is 31.0. The minimum atomic E-state index is -1.63. The highest BCUT2D eigenvalue weighted by Gasteiger charge is 2.71. The van der Waals surface area contributed by atoms with E-state index in [1.54, 1.807) is 26.8 Å². The molecule has 234 valence electrons. The molecule has 1 N–H and O–H groups in total. The van der Waals surface area contributed by atoms with Gasteiger partial charge in [-0.15, -0.1) is 0 Å². The summed E-state index contributed by atoms with van der Waals surface area (Å²) in [5, 5.41) is 12.3. The van der Waals surface area contributed by atoms with Crippen molar-refractivity contribution < 1.29 is 48.0 Å². The van der Waals surface area contributed by atoms with Gasteiger partial charge in [-0.2, -0.15) is 0 Å². The van der Waals surface area contributed by atoms with E-state index in [-0.39, 0.29) is 18.2 Å². The van der Waals surface area contributed by atoms with Crippen LogP contribution in [0, 0.1) is 12.8 Å². The van der Waals surface area contributed by atoms with E-state index >= 15 is 0 Å². The van der Waals surface area contributed by atoms with Gasteiger partial charge in [0.15, 0.2) is 12.2 Å². The van der Waals surface area contributed by atoms with Crippen molar-refractivity contribution in [3.8, 4) is 5.75 Å². The van der Waals surface area contributed by atoms with Crippen LogP contribution in [0.1, 0.15) is 71.1 Å². The fourth-order valence-electron chi connectivity index (χ4n) is 7.13. The number of rotatable bonds is 7. The summed E-state index contributed by atoms with van der Waals surface area (Å²) >= 11 is 0. The molecule has 0 aromatic heterocycles. The Morgan fingerprint density at radius 3 is 2.44 bits per heavy atom. The maximum Gasteiger partial charge on any atom is 0.352 e. The number of aryl methyl sites for hydroxylation is 1. The van der Waals surface area contributed by atoms with Crippen molar-refractivity contribution in [3.63, 3.8) is 0 Å². The van der Waals surface area contributed by atoms with Crippen LogP contribution in [0.4, 0.5) is 0 Å². The molecular weight excluding hydrogens is 558 g/mol. The zero-order chi connectivity index (χ0) is 31.6. The summed E-state index contributed by atoms with van der Waals surface area (Å²) in [6.07, 6.45) is -0.532. The summed E-state index contributed by atoms with van der Waals surface area (Å²) < 4.78 is 28.2. The Hall–Kier alpha value is -3.44. The second-order valence-corrected chi connectivity index (χ2v) is 13.3. The lowest BCUT2D eigenvalue weighted by molar-refractivity contribution is -0.186. The number of carbonyl (C=O) groups excluding carboxylic acids is 4. The third-order valence-electron chi connectivity index (χ3n) is 9.17. The van der Waals surface area contributed by atoms with Crippen LogP contribution in [0.25, 0.3) is 0 Å². The van der Waals surface area contributed by atoms with Gasteiger partial charge >= 0.3 is 23.9 Å². The van der Waals surface area contributed by atoms with Crippen LogP contribution in [-0.4, -0.2) is 83.0 Å². The molecule has 5 rings (SSSR count). The minimum absolute atomic E-state index is 0.132. The van der Waals surface area contributed by atoms with Crippen molar-refractivity contribution in [3.05, 3.63) is 40.7 Å². The normalized spacial score (nSPS) is 29.2. The van der Waals surface area contributed by atoms with Crippen molar-refractivity contribution in [2.45, 2.75) is 109 Å². The zero-order valence-corrected chi connectivity index (χ0v) is 26.0. The molecular formula is C32H41NO10. The summed E-state index contributed by atoms with van der Waals surface area (Å²) in [5.41, 5.74) is 0.290. The Balaban J connectivity index is 1.36. The van der Waals surface area contributed by atoms with E-state index in [4.69, 9.17) is 23.7 Å². The zero-order valence-electron chi connectivity index (χ0n) is 26.0. The van der Waals surface area contributed by atoms with Crippen LogP contribution < -0.4 is 4.74 Å². The summed E-state index contributed by atoms with van der Waals surface area (Å²) in [6, 6.07) is 3.97.